The first-order chi connectivity index (χ1) is 11.6. The first-order valence-electron chi connectivity index (χ1n) is 8.62. The first kappa shape index (κ1) is 22.0. The molecule has 3 unspecified atom stereocenters. The van der Waals surface area contributed by atoms with E-state index in [4.69, 9.17) is 27.5 Å². The third kappa shape index (κ3) is 7.45. The van der Waals surface area contributed by atoms with Crippen molar-refractivity contribution in [3.05, 3.63) is 0 Å². The van der Waals surface area contributed by atoms with E-state index in [2.05, 4.69) is 0 Å². The molecule has 8 heteroatoms. The Morgan fingerprint density at radius 1 is 0.917 bits per heavy atom. The highest BCUT2D eigenvalue weighted by Gasteiger charge is 2.39. The molecule has 0 aromatic heterocycles. The Morgan fingerprint density at radius 2 is 1.58 bits per heavy atom. The van der Waals surface area contributed by atoms with Crippen LogP contribution in [0, 0.1) is 5.92 Å². The highest BCUT2D eigenvalue weighted by Crippen LogP contribution is 2.32. The van der Waals surface area contributed by atoms with E-state index in [-0.39, 0.29) is 6.10 Å². The maximum Gasteiger partial charge on any atom is 0.500 e. The van der Waals surface area contributed by atoms with Gasteiger partial charge in [0, 0.05) is 34.5 Å². The minimum absolute atomic E-state index is 0.126. The Labute approximate surface area is 146 Å². The molecule has 0 amide bonds. The SMILES string of the molecule is COCCOCCOC1CC(CC[Si](OC)(OC)OC)CCC1O. The zero-order valence-electron chi connectivity index (χ0n) is 15.5. The Balaban J connectivity index is 2.31. The largest absolute Gasteiger partial charge is 0.500 e. The van der Waals surface area contributed by atoms with Gasteiger partial charge in [-0.15, -0.1) is 0 Å². The standard InChI is InChI=1S/C16H34O7Si/c1-18-8-9-22-10-11-23-16-13-14(5-6-15(16)17)7-12-24(19-2,20-3)21-4/h14-17H,5-13H2,1-4H3. The summed E-state index contributed by atoms with van der Waals surface area (Å²) in [5.74, 6) is 0.486. The molecule has 0 spiro atoms. The number of aliphatic hydroxyl groups excluding tert-OH is 1. The summed E-state index contributed by atoms with van der Waals surface area (Å²) in [5, 5.41) is 10.1. The van der Waals surface area contributed by atoms with Crippen molar-refractivity contribution in [1.82, 2.24) is 0 Å². The van der Waals surface area contributed by atoms with Crippen molar-refractivity contribution in [2.24, 2.45) is 5.92 Å². The van der Waals surface area contributed by atoms with Gasteiger partial charge in [-0.05, 0) is 31.6 Å². The second-order valence-corrected chi connectivity index (χ2v) is 9.19. The van der Waals surface area contributed by atoms with E-state index >= 15 is 0 Å². The molecule has 0 aromatic carbocycles. The molecule has 0 bridgehead atoms. The third-order valence-corrected chi connectivity index (χ3v) is 7.42. The molecule has 3 atom stereocenters. The third-order valence-electron chi connectivity index (χ3n) is 4.65. The number of rotatable bonds is 13. The fourth-order valence-corrected chi connectivity index (χ4v) is 4.95. The minimum atomic E-state index is -2.52. The van der Waals surface area contributed by atoms with Crippen LogP contribution in [0.2, 0.25) is 6.04 Å². The lowest BCUT2D eigenvalue weighted by Gasteiger charge is -2.34. The van der Waals surface area contributed by atoms with Gasteiger partial charge in [-0.1, -0.05) is 0 Å². The van der Waals surface area contributed by atoms with Crippen molar-refractivity contribution in [2.45, 2.75) is 43.9 Å². The van der Waals surface area contributed by atoms with Gasteiger partial charge in [0.15, 0.2) is 0 Å². The summed E-state index contributed by atoms with van der Waals surface area (Å²) in [6.45, 7) is 2.15. The normalized spacial score (nSPS) is 25.1. The summed E-state index contributed by atoms with van der Waals surface area (Å²) in [6, 6.07) is 0.782. The van der Waals surface area contributed by atoms with E-state index in [1.807, 2.05) is 0 Å². The van der Waals surface area contributed by atoms with Crippen LogP contribution >= 0.6 is 0 Å². The smallest absolute Gasteiger partial charge is 0.390 e. The summed E-state index contributed by atoms with van der Waals surface area (Å²) in [7, 11) is 4.04. The first-order valence-corrected chi connectivity index (χ1v) is 10.6. The van der Waals surface area contributed by atoms with Crippen LogP contribution in [0.25, 0.3) is 0 Å². The molecule has 0 radical (unpaired) electrons. The summed E-state index contributed by atoms with van der Waals surface area (Å²) < 4.78 is 32.5. The molecule has 1 fully saturated rings. The summed E-state index contributed by atoms with van der Waals surface area (Å²) in [4.78, 5) is 0. The van der Waals surface area contributed by atoms with Gasteiger partial charge in [0.25, 0.3) is 0 Å². The molecule has 24 heavy (non-hydrogen) atoms. The lowest BCUT2D eigenvalue weighted by molar-refractivity contribution is -0.0863. The van der Waals surface area contributed by atoms with E-state index in [1.54, 1.807) is 28.4 Å². The van der Waals surface area contributed by atoms with E-state index in [1.165, 1.54) is 0 Å². The Bertz CT molecular complexity index is 307. The van der Waals surface area contributed by atoms with E-state index < -0.39 is 14.9 Å². The average Bonchev–Trinajstić information content (AvgIpc) is 2.62. The van der Waals surface area contributed by atoms with Gasteiger partial charge >= 0.3 is 8.80 Å². The monoisotopic (exact) mass is 366 g/mol. The molecule has 144 valence electrons. The van der Waals surface area contributed by atoms with Gasteiger partial charge in [-0.3, -0.25) is 0 Å². The molecule has 1 aliphatic carbocycles. The van der Waals surface area contributed by atoms with Crippen molar-refractivity contribution in [1.29, 1.82) is 0 Å². The molecule has 0 aromatic rings. The Hall–Kier alpha value is -0.0631. The molecule has 1 rings (SSSR count). The highest BCUT2D eigenvalue weighted by molar-refractivity contribution is 6.60. The topological polar surface area (TPSA) is 75.6 Å². The molecular formula is C16H34O7Si. The van der Waals surface area contributed by atoms with Gasteiger partial charge in [0.1, 0.15) is 0 Å². The van der Waals surface area contributed by atoms with Gasteiger partial charge in [0.2, 0.25) is 0 Å². The molecule has 7 nitrogen and oxygen atoms in total. The highest BCUT2D eigenvalue weighted by atomic mass is 28.4. The summed E-state index contributed by atoms with van der Waals surface area (Å²) >= 11 is 0. The lowest BCUT2D eigenvalue weighted by atomic mass is 9.84. The molecule has 0 saturated heterocycles. The van der Waals surface area contributed by atoms with Crippen LogP contribution in [-0.2, 0) is 27.5 Å². The van der Waals surface area contributed by atoms with Crippen LogP contribution in [0.5, 0.6) is 0 Å². The van der Waals surface area contributed by atoms with Crippen LogP contribution in [0.3, 0.4) is 0 Å². The molecule has 1 saturated carbocycles. The van der Waals surface area contributed by atoms with Crippen LogP contribution < -0.4 is 0 Å². The van der Waals surface area contributed by atoms with Gasteiger partial charge in [-0.2, -0.15) is 0 Å². The predicted octanol–water partition coefficient (Wildman–Crippen LogP) is 1.46. The molecular weight excluding hydrogens is 332 g/mol. The van der Waals surface area contributed by atoms with E-state index in [0.29, 0.717) is 32.3 Å². The molecule has 0 heterocycles. The fraction of sp³-hybridized carbons (Fsp3) is 1.00. The number of hydrogen-bond acceptors (Lipinski definition) is 7. The lowest BCUT2D eigenvalue weighted by Crippen LogP contribution is -2.43. The van der Waals surface area contributed by atoms with Gasteiger partial charge in [0.05, 0.1) is 38.6 Å². The number of aliphatic hydroxyl groups is 1. The Morgan fingerprint density at radius 3 is 2.21 bits per heavy atom. The van der Waals surface area contributed by atoms with Crippen LogP contribution in [0.4, 0.5) is 0 Å². The van der Waals surface area contributed by atoms with Crippen molar-refractivity contribution < 1.29 is 32.6 Å². The quantitative estimate of drug-likeness (QED) is 0.391. The summed E-state index contributed by atoms with van der Waals surface area (Å²) in [6.07, 6.45) is 3.04. The van der Waals surface area contributed by atoms with Crippen molar-refractivity contribution in [3.63, 3.8) is 0 Å². The second kappa shape index (κ2) is 12.3. The molecule has 0 aliphatic heterocycles. The Kier molecular flexibility index (Phi) is 11.3. The number of ether oxygens (including phenoxy) is 3. The maximum atomic E-state index is 10.1. The number of hydrogen-bond donors (Lipinski definition) is 1. The zero-order valence-corrected chi connectivity index (χ0v) is 16.5. The molecule has 1 aliphatic rings. The second-order valence-electron chi connectivity index (χ2n) is 6.09. The fourth-order valence-electron chi connectivity index (χ4n) is 3.08. The minimum Gasteiger partial charge on any atom is -0.390 e. The van der Waals surface area contributed by atoms with E-state index in [0.717, 1.165) is 31.7 Å². The van der Waals surface area contributed by atoms with Crippen molar-refractivity contribution >= 4 is 8.80 Å². The predicted molar refractivity (Wildman–Crippen MR) is 92.0 cm³/mol. The van der Waals surface area contributed by atoms with Crippen LogP contribution in [0.15, 0.2) is 0 Å². The van der Waals surface area contributed by atoms with Gasteiger partial charge in [-0.25, -0.2) is 0 Å². The van der Waals surface area contributed by atoms with E-state index in [9.17, 15) is 5.11 Å². The van der Waals surface area contributed by atoms with Crippen molar-refractivity contribution in [2.75, 3.05) is 54.9 Å². The van der Waals surface area contributed by atoms with Crippen molar-refractivity contribution in [3.8, 4) is 0 Å². The van der Waals surface area contributed by atoms with Crippen LogP contribution in [0.1, 0.15) is 25.7 Å². The number of methoxy groups -OCH3 is 1. The van der Waals surface area contributed by atoms with Crippen LogP contribution in [-0.4, -0.2) is 81.0 Å². The summed E-state index contributed by atoms with van der Waals surface area (Å²) in [5.41, 5.74) is 0. The maximum absolute atomic E-state index is 10.1. The zero-order chi connectivity index (χ0) is 17.8. The molecule has 1 N–H and O–H groups in total. The average molecular weight is 367 g/mol. The van der Waals surface area contributed by atoms with Gasteiger partial charge < -0.3 is 32.6 Å².